The van der Waals surface area contributed by atoms with E-state index in [4.69, 9.17) is 9.47 Å². The minimum Gasteiger partial charge on any atom is -0.497 e. The van der Waals surface area contributed by atoms with E-state index in [1.807, 2.05) is 24.3 Å². The molecule has 2 amide bonds. The molecule has 2 rings (SSSR count). The summed E-state index contributed by atoms with van der Waals surface area (Å²) in [7, 11) is 3.08. The number of hydrogen-bond acceptors (Lipinski definition) is 4. The molecule has 6 heteroatoms. The zero-order chi connectivity index (χ0) is 19.1. The summed E-state index contributed by atoms with van der Waals surface area (Å²) in [6, 6.07) is 12.4. The molecule has 0 aliphatic heterocycles. The number of carbonyl (C=O) groups excluding carboxylic acids is 1. The van der Waals surface area contributed by atoms with Crippen LogP contribution >= 0.6 is 0 Å². The minimum absolute atomic E-state index is 0.0411. The van der Waals surface area contributed by atoms with Crippen LogP contribution in [0.2, 0.25) is 0 Å². The number of rotatable bonds is 7. The van der Waals surface area contributed by atoms with E-state index < -0.39 is 6.10 Å². The topological polar surface area (TPSA) is 79.8 Å². The molecule has 0 spiro atoms. The Kier molecular flexibility index (Phi) is 6.86. The summed E-state index contributed by atoms with van der Waals surface area (Å²) in [5.74, 6) is 1.57. The quantitative estimate of drug-likeness (QED) is 0.705. The van der Waals surface area contributed by atoms with Crippen molar-refractivity contribution in [3.63, 3.8) is 0 Å². The number of aliphatic hydroxyl groups excluding tert-OH is 1. The highest BCUT2D eigenvalue weighted by molar-refractivity contribution is 5.89. The van der Waals surface area contributed by atoms with Crippen molar-refractivity contribution in [2.45, 2.75) is 25.9 Å². The average Bonchev–Trinajstić information content (AvgIpc) is 2.65. The second kappa shape index (κ2) is 9.10. The lowest BCUT2D eigenvalue weighted by molar-refractivity contribution is 0.170. The number of ether oxygens (including phenoxy) is 2. The van der Waals surface area contributed by atoms with Crippen LogP contribution < -0.4 is 20.1 Å². The molecule has 0 unspecified atom stereocenters. The average molecular weight is 358 g/mol. The van der Waals surface area contributed by atoms with Gasteiger partial charge in [0.2, 0.25) is 0 Å². The first-order valence-electron chi connectivity index (χ1n) is 8.49. The van der Waals surface area contributed by atoms with Crippen molar-refractivity contribution in [3.8, 4) is 11.5 Å². The van der Waals surface area contributed by atoms with Crippen molar-refractivity contribution in [2.75, 3.05) is 26.1 Å². The van der Waals surface area contributed by atoms with Crippen LogP contribution in [-0.2, 0) is 0 Å². The fourth-order valence-corrected chi connectivity index (χ4v) is 2.53. The smallest absolute Gasteiger partial charge is 0.319 e. The van der Waals surface area contributed by atoms with E-state index >= 15 is 0 Å². The molecular formula is C20H26N2O4. The molecule has 140 valence electrons. The monoisotopic (exact) mass is 358 g/mol. The molecule has 0 saturated heterocycles. The fraction of sp³-hybridized carbons (Fsp3) is 0.350. The highest BCUT2D eigenvalue weighted by Crippen LogP contribution is 2.29. The molecule has 2 aromatic carbocycles. The van der Waals surface area contributed by atoms with Crippen molar-refractivity contribution >= 4 is 11.7 Å². The van der Waals surface area contributed by atoms with Gasteiger partial charge >= 0.3 is 6.03 Å². The van der Waals surface area contributed by atoms with Gasteiger partial charge in [-0.1, -0.05) is 26.0 Å². The molecule has 3 N–H and O–H groups in total. The van der Waals surface area contributed by atoms with Crippen LogP contribution in [0.15, 0.2) is 42.5 Å². The summed E-state index contributed by atoms with van der Waals surface area (Å²) >= 11 is 0. The standard InChI is InChI=1S/C20H26N2O4/c1-13(2)14-5-7-15(8-6-14)22-20(24)21-12-18(23)17-11-16(25-3)9-10-19(17)26-4/h5-11,13,18,23H,12H2,1-4H3,(H2,21,22,24)/t18-/m1/s1. The number of aliphatic hydroxyl groups is 1. The molecule has 0 fully saturated rings. The number of nitrogens with one attached hydrogen (secondary N) is 2. The van der Waals surface area contributed by atoms with Gasteiger partial charge < -0.3 is 25.2 Å². The van der Waals surface area contributed by atoms with Crippen LogP contribution in [0.1, 0.15) is 37.0 Å². The van der Waals surface area contributed by atoms with Crippen molar-refractivity contribution < 1.29 is 19.4 Å². The van der Waals surface area contributed by atoms with Crippen molar-refractivity contribution in [1.82, 2.24) is 5.32 Å². The maximum Gasteiger partial charge on any atom is 0.319 e. The highest BCUT2D eigenvalue weighted by Gasteiger charge is 2.15. The molecule has 1 atom stereocenters. The summed E-state index contributed by atoms with van der Waals surface area (Å²) in [5, 5.41) is 15.8. The number of methoxy groups -OCH3 is 2. The summed E-state index contributed by atoms with van der Waals surface area (Å²) in [6.45, 7) is 4.27. The second-order valence-electron chi connectivity index (χ2n) is 6.24. The second-order valence-corrected chi connectivity index (χ2v) is 6.24. The normalized spacial score (nSPS) is 11.8. The van der Waals surface area contributed by atoms with Gasteiger partial charge in [0.25, 0.3) is 0 Å². The third kappa shape index (κ3) is 5.13. The Labute approximate surface area is 154 Å². The molecule has 0 aromatic heterocycles. The summed E-state index contributed by atoms with van der Waals surface area (Å²) in [6.07, 6.45) is -0.922. The summed E-state index contributed by atoms with van der Waals surface area (Å²) in [5.41, 5.74) is 2.45. The molecule has 0 bridgehead atoms. The van der Waals surface area contributed by atoms with Crippen molar-refractivity contribution in [2.24, 2.45) is 0 Å². The third-order valence-electron chi connectivity index (χ3n) is 4.09. The maximum atomic E-state index is 12.1. The van der Waals surface area contributed by atoms with Gasteiger partial charge in [0.05, 0.1) is 14.2 Å². The molecule has 0 aliphatic carbocycles. The Balaban J connectivity index is 1.94. The number of amides is 2. The summed E-state index contributed by atoms with van der Waals surface area (Å²) < 4.78 is 10.4. The Morgan fingerprint density at radius 3 is 2.35 bits per heavy atom. The van der Waals surface area contributed by atoms with E-state index in [0.29, 0.717) is 28.7 Å². The van der Waals surface area contributed by atoms with Crippen molar-refractivity contribution in [3.05, 3.63) is 53.6 Å². The fourth-order valence-electron chi connectivity index (χ4n) is 2.53. The number of urea groups is 1. The van der Waals surface area contributed by atoms with Crippen LogP contribution in [-0.4, -0.2) is 31.9 Å². The molecule has 0 saturated carbocycles. The van der Waals surface area contributed by atoms with Crippen LogP contribution in [0, 0.1) is 0 Å². The molecule has 0 heterocycles. The number of hydrogen-bond donors (Lipinski definition) is 3. The largest absolute Gasteiger partial charge is 0.497 e. The number of benzene rings is 2. The first-order valence-corrected chi connectivity index (χ1v) is 8.49. The highest BCUT2D eigenvalue weighted by atomic mass is 16.5. The third-order valence-corrected chi connectivity index (χ3v) is 4.09. The van der Waals surface area contributed by atoms with E-state index in [1.165, 1.54) is 12.7 Å². The van der Waals surface area contributed by atoms with E-state index in [-0.39, 0.29) is 12.6 Å². The maximum absolute atomic E-state index is 12.1. The van der Waals surface area contributed by atoms with E-state index in [9.17, 15) is 9.90 Å². The molecule has 6 nitrogen and oxygen atoms in total. The van der Waals surface area contributed by atoms with Gasteiger partial charge in [0.1, 0.15) is 17.6 Å². The molecular weight excluding hydrogens is 332 g/mol. The lowest BCUT2D eigenvalue weighted by Gasteiger charge is -2.17. The van der Waals surface area contributed by atoms with Crippen LogP contribution in [0.4, 0.5) is 10.5 Å². The predicted octanol–water partition coefficient (Wildman–Crippen LogP) is 3.68. The van der Waals surface area contributed by atoms with Crippen molar-refractivity contribution in [1.29, 1.82) is 0 Å². The zero-order valence-electron chi connectivity index (χ0n) is 15.6. The van der Waals surface area contributed by atoms with Gasteiger partial charge in [0, 0.05) is 17.8 Å². The van der Waals surface area contributed by atoms with Gasteiger partial charge in [0.15, 0.2) is 0 Å². The Hall–Kier alpha value is -2.73. The Morgan fingerprint density at radius 1 is 1.08 bits per heavy atom. The molecule has 26 heavy (non-hydrogen) atoms. The van der Waals surface area contributed by atoms with Gasteiger partial charge in [-0.05, 0) is 41.8 Å². The zero-order valence-corrected chi connectivity index (χ0v) is 15.6. The molecule has 2 aromatic rings. The summed E-state index contributed by atoms with van der Waals surface area (Å²) in [4.78, 5) is 12.1. The van der Waals surface area contributed by atoms with Crippen LogP contribution in [0.25, 0.3) is 0 Å². The lowest BCUT2D eigenvalue weighted by atomic mass is 10.0. The number of anilines is 1. The Morgan fingerprint density at radius 2 is 1.77 bits per heavy atom. The number of carbonyl (C=O) groups is 1. The first kappa shape index (κ1) is 19.6. The minimum atomic E-state index is -0.922. The van der Waals surface area contributed by atoms with Gasteiger partial charge in [-0.15, -0.1) is 0 Å². The van der Waals surface area contributed by atoms with Gasteiger partial charge in [-0.25, -0.2) is 4.79 Å². The predicted molar refractivity (Wildman–Crippen MR) is 102 cm³/mol. The lowest BCUT2D eigenvalue weighted by Crippen LogP contribution is -2.32. The van der Waals surface area contributed by atoms with Gasteiger partial charge in [-0.2, -0.15) is 0 Å². The molecule has 0 radical (unpaired) electrons. The SMILES string of the molecule is COc1ccc(OC)c([C@H](O)CNC(=O)Nc2ccc(C(C)C)cc2)c1. The molecule has 0 aliphatic rings. The van der Waals surface area contributed by atoms with Crippen LogP contribution in [0.3, 0.4) is 0 Å². The first-order chi connectivity index (χ1) is 12.4. The van der Waals surface area contributed by atoms with Gasteiger partial charge in [-0.3, -0.25) is 0 Å². The van der Waals surface area contributed by atoms with E-state index in [1.54, 1.807) is 25.3 Å². The Bertz CT molecular complexity index is 729. The van der Waals surface area contributed by atoms with E-state index in [0.717, 1.165) is 0 Å². The van der Waals surface area contributed by atoms with Crippen LogP contribution in [0.5, 0.6) is 11.5 Å². The van der Waals surface area contributed by atoms with E-state index in [2.05, 4.69) is 24.5 Å².